The maximum atomic E-state index is 11.2. The number of fused-ring (bicyclic) bond motifs is 1. The zero-order valence-corrected chi connectivity index (χ0v) is 12.9. The fourth-order valence-electron chi connectivity index (χ4n) is 3.67. The Bertz CT molecular complexity index is 515. The van der Waals surface area contributed by atoms with Crippen molar-refractivity contribution < 1.29 is 9.21 Å². The van der Waals surface area contributed by atoms with Gasteiger partial charge in [-0.25, -0.2) is 4.79 Å². The smallest absolute Gasteiger partial charge is 0.314 e. The zero-order valence-electron chi connectivity index (χ0n) is 12.9. The van der Waals surface area contributed by atoms with Gasteiger partial charge in [0.05, 0.1) is 6.26 Å². The van der Waals surface area contributed by atoms with E-state index in [0.717, 1.165) is 44.5 Å². The number of likely N-dealkylation sites (tertiary alicyclic amines) is 1. The lowest BCUT2D eigenvalue weighted by molar-refractivity contribution is 0.172. The van der Waals surface area contributed by atoms with Gasteiger partial charge in [-0.05, 0) is 30.7 Å². The van der Waals surface area contributed by atoms with E-state index < -0.39 is 0 Å². The lowest BCUT2D eigenvalue weighted by Crippen LogP contribution is -2.48. The molecule has 2 aliphatic rings. The molecule has 1 saturated heterocycles. The third kappa shape index (κ3) is 3.07. The van der Waals surface area contributed by atoms with E-state index in [4.69, 9.17) is 10.2 Å². The molecule has 3 rings (SSSR count). The normalized spacial score (nSPS) is 25.6. The summed E-state index contributed by atoms with van der Waals surface area (Å²) in [5.41, 5.74) is 6.91. The van der Waals surface area contributed by atoms with Gasteiger partial charge in [0.25, 0.3) is 0 Å². The van der Waals surface area contributed by atoms with Gasteiger partial charge in [0, 0.05) is 37.2 Å². The number of nitrogens with one attached hydrogen (secondary N) is 1. The number of furan rings is 1. The first kappa shape index (κ1) is 14.4. The van der Waals surface area contributed by atoms with E-state index in [9.17, 15) is 4.79 Å². The van der Waals surface area contributed by atoms with Crippen molar-refractivity contribution in [1.82, 2.24) is 10.2 Å². The zero-order chi connectivity index (χ0) is 15.0. The van der Waals surface area contributed by atoms with Crippen LogP contribution in [0.25, 0.3) is 0 Å². The highest BCUT2D eigenvalue weighted by Crippen LogP contribution is 2.41. The maximum absolute atomic E-state index is 11.2. The van der Waals surface area contributed by atoms with Crippen LogP contribution in [0.3, 0.4) is 0 Å². The summed E-state index contributed by atoms with van der Waals surface area (Å²) in [7, 11) is 0. The van der Waals surface area contributed by atoms with Crippen molar-refractivity contribution in [2.24, 2.45) is 11.1 Å². The number of piperidine rings is 1. The fourth-order valence-corrected chi connectivity index (χ4v) is 3.67. The van der Waals surface area contributed by atoms with Crippen LogP contribution in [0.5, 0.6) is 0 Å². The summed E-state index contributed by atoms with van der Waals surface area (Å²) < 4.78 is 5.65. The van der Waals surface area contributed by atoms with E-state index >= 15 is 0 Å². The van der Waals surface area contributed by atoms with Crippen LogP contribution >= 0.6 is 0 Å². The van der Waals surface area contributed by atoms with Crippen LogP contribution in [0.2, 0.25) is 0 Å². The summed E-state index contributed by atoms with van der Waals surface area (Å²) in [4.78, 5) is 12.9. The van der Waals surface area contributed by atoms with Gasteiger partial charge in [-0.1, -0.05) is 13.8 Å². The molecular weight excluding hydrogens is 266 g/mol. The highest BCUT2D eigenvalue weighted by Gasteiger charge is 2.35. The van der Waals surface area contributed by atoms with Gasteiger partial charge >= 0.3 is 6.03 Å². The minimum Gasteiger partial charge on any atom is -0.469 e. The Morgan fingerprint density at radius 1 is 1.43 bits per heavy atom. The number of urea groups is 1. The van der Waals surface area contributed by atoms with Crippen LogP contribution in [-0.4, -0.2) is 30.1 Å². The van der Waals surface area contributed by atoms with Gasteiger partial charge in [-0.15, -0.1) is 0 Å². The van der Waals surface area contributed by atoms with Crippen molar-refractivity contribution in [3.05, 3.63) is 23.7 Å². The summed E-state index contributed by atoms with van der Waals surface area (Å²) in [5, 5.41) is 3.78. The van der Waals surface area contributed by atoms with Gasteiger partial charge in [-0.2, -0.15) is 0 Å². The van der Waals surface area contributed by atoms with Crippen LogP contribution in [0.15, 0.2) is 16.7 Å². The van der Waals surface area contributed by atoms with Crippen molar-refractivity contribution >= 4 is 6.03 Å². The lowest BCUT2D eigenvalue weighted by Gasteiger charge is -2.39. The summed E-state index contributed by atoms with van der Waals surface area (Å²) in [5.74, 6) is 1.12. The molecule has 1 fully saturated rings. The number of hydrogen-bond donors (Lipinski definition) is 2. The first-order valence-corrected chi connectivity index (χ1v) is 7.81. The van der Waals surface area contributed by atoms with Crippen molar-refractivity contribution in [2.75, 3.05) is 13.1 Å². The summed E-state index contributed by atoms with van der Waals surface area (Å²) in [6, 6.07) is 2.60. The molecule has 5 heteroatoms. The van der Waals surface area contributed by atoms with Gasteiger partial charge < -0.3 is 20.4 Å². The van der Waals surface area contributed by atoms with E-state index in [1.807, 2.05) is 0 Å². The summed E-state index contributed by atoms with van der Waals surface area (Å²) >= 11 is 0. The number of nitrogens with zero attached hydrogens (tertiary/aromatic N) is 1. The summed E-state index contributed by atoms with van der Waals surface area (Å²) in [6.07, 6.45) is 5.86. The predicted octanol–water partition coefficient (Wildman–Crippen LogP) is 2.43. The van der Waals surface area contributed by atoms with Crippen LogP contribution in [-0.2, 0) is 6.42 Å². The first-order chi connectivity index (χ1) is 9.94. The molecule has 1 aromatic rings. The Balaban J connectivity index is 1.65. The molecule has 2 amide bonds. The number of carbonyl (C=O) groups excluding carboxylic acids is 1. The molecule has 1 aliphatic carbocycles. The maximum Gasteiger partial charge on any atom is 0.314 e. The standard InChI is InChI=1S/C16H25N3O2/c1-16(2)9-13(12-5-8-21-14(12)10-16)18-11-3-6-19(7-4-11)15(17)20/h5,8,11,13,18H,3-4,6-7,9-10H2,1-2H3,(H2,17,20)/t13-/m0/s1. The Labute approximate surface area is 125 Å². The molecule has 116 valence electrons. The molecule has 1 aromatic heterocycles. The number of amides is 2. The average Bonchev–Trinajstić information content (AvgIpc) is 2.86. The molecule has 2 heterocycles. The van der Waals surface area contributed by atoms with Crippen molar-refractivity contribution in [2.45, 2.75) is 51.6 Å². The predicted molar refractivity (Wildman–Crippen MR) is 80.9 cm³/mol. The van der Waals surface area contributed by atoms with Gasteiger partial charge in [0.2, 0.25) is 0 Å². The van der Waals surface area contributed by atoms with Crippen molar-refractivity contribution in [1.29, 1.82) is 0 Å². The first-order valence-electron chi connectivity index (χ1n) is 7.81. The lowest BCUT2D eigenvalue weighted by atomic mass is 9.74. The number of carbonyl (C=O) groups is 1. The van der Waals surface area contributed by atoms with E-state index in [-0.39, 0.29) is 11.4 Å². The van der Waals surface area contributed by atoms with E-state index in [1.54, 1.807) is 11.2 Å². The molecule has 0 saturated carbocycles. The number of hydrogen-bond acceptors (Lipinski definition) is 3. The number of rotatable bonds is 2. The molecule has 0 aromatic carbocycles. The molecule has 0 unspecified atom stereocenters. The van der Waals surface area contributed by atoms with E-state index in [0.29, 0.717) is 12.1 Å². The second-order valence-electron chi connectivity index (χ2n) is 7.16. The van der Waals surface area contributed by atoms with Crippen LogP contribution < -0.4 is 11.1 Å². The SMILES string of the molecule is CC1(C)Cc2occc2[C@@H](NC2CCN(C(N)=O)CC2)C1. The number of nitrogens with two attached hydrogens (primary N) is 1. The Kier molecular flexibility index (Phi) is 3.69. The van der Waals surface area contributed by atoms with Crippen LogP contribution in [0.1, 0.15) is 50.5 Å². The minimum atomic E-state index is -0.302. The number of primary amides is 1. The Morgan fingerprint density at radius 3 is 2.81 bits per heavy atom. The largest absolute Gasteiger partial charge is 0.469 e. The van der Waals surface area contributed by atoms with Crippen molar-refractivity contribution in [3.63, 3.8) is 0 Å². The molecule has 5 nitrogen and oxygen atoms in total. The van der Waals surface area contributed by atoms with E-state index in [2.05, 4.69) is 25.2 Å². The Hall–Kier alpha value is -1.49. The molecule has 0 bridgehead atoms. The van der Waals surface area contributed by atoms with Gasteiger partial charge in [0.1, 0.15) is 5.76 Å². The molecule has 3 N–H and O–H groups in total. The third-order valence-corrected chi connectivity index (χ3v) is 4.79. The van der Waals surface area contributed by atoms with Crippen molar-refractivity contribution in [3.8, 4) is 0 Å². The summed E-state index contributed by atoms with van der Waals surface area (Å²) in [6.45, 7) is 6.09. The fraction of sp³-hybridized carbons (Fsp3) is 0.688. The van der Waals surface area contributed by atoms with Gasteiger partial charge in [-0.3, -0.25) is 0 Å². The monoisotopic (exact) mass is 291 g/mol. The quantitative estimate of drug-likeness (QED) is 0.879. The second-order valence-corrected chi connectivity index (χ2v) is 7.16. The third-order valence-electron chi connectivity index (χ3n) is 4.79. The molecular formula is C16H25N3O2. The topological polar surface area (TPSA) is 71.5 Å². The molecule has 0 radical (unpaired) electrons. The molecule has 1 atom stereocenters. The van der Waals surface area contributed by atoms with Crippen LogP contribution in [0.4, 0.5) is 4.79 Å². The van der Waals surface area contributed by atoms with Crippen LogP contribution in [0, 0.1) is 5.41 Å². The molecule has 1 aliphatic heterocycles. The molecule has 21 heavy (non-hydrogen) atoms. The van der Waals surface area contributed by atoms with Gasteiger partial charge in [0.15, 0.2) is 0 Å². The highest BCUT2D eigenvalue weighted by molar-refractivity contribution is 5.72. The Morgan fingerprint density at radius 2 is 2.14 bits per heavy atom. The second kappa shape index (κ2) is 5.37. The molecule has 0 spiro atoms. The van der Waals surface area contributed by atoms with E-state index in [1.165, 1.54) is 5.56 Å². The highest BCUT2D eigenvalue weighted by atomic mass is 16.3. The minimum absolute atomic E-state index is 0.260. The average molecular weight is 291 g/mol.